The zero-order valence-corrected chi connectivity index (χ0v) is 11.9. The largest absolute Gasteiger partial charge is 0.479 e. The van der Waals surface area contributed by atoms with Crippen LogP contribution < -0.4 is 4.74 Å². The highest BCUT2D eigenvalue weighted by atomic mass is 16.6. The van der Waals surface area contributed by atoms with E-state index in [9.17, 15) is 10.1 Å². The van der Waals surface area contributed by atoms with E-state index in [0.717, 1.165) is 10.9 Å². The van der Waals surface area contributed by atoms with E-state index in [1.54, 1.807) is 19.1 Å². The van der Waals surface area contributed by atoms with Crippen LogP contribution in [0.15, 0.2) is 48.5 Å². The lowest BCUT2D eigenvalue weighted by molar-refractivity contribution is -0.390. The fraction of sp³-hybridized carbons (Fsp3) is 0.125. The van der Waals surface area contributed by atoms with Crippen molar-refractivity contribution >= 4 is 16.7 Å². The Balaban J connectivity index is 1.83. The summed E-state index contributed by atoms with van der Waals surface area (Å²) in [6.07, 6.45) is 0. The van der Waals surface area contributed by atoms with Gasteiger partial charge < -0.3 is 14.9 Å². The van der Waals surface area contributed by atoms with Crippen LogP contribution in [0.2, 0.25) is 0 Å². The zero-order chi connectivity index (χ0) is 15.5. The van der Waals surface area contributed by atoms with Crippen molar-refractivity contribution in [3.8, 4) is 5.75 Å². The lowest BCUT2D eigenvalue weighted by Gasteiger charge is -2.07. The quantitative estimate of drug-likeness (QED) is 0.544. The van der Waals surface area contributed by atoms with Crippen LogP contribution in [0.3, 0.4) is 0 Å². The molecule has 0 atom stereocenters. The first-order valence-corrected chi connectivity index (χ1v) is 6.73. The summed E-state index contributed by atoms with van der Waals surface area (Å²) in [5.41, 5.74) is 2.14. The van der Waals surface area contributed by atoms with Crippen LogP contribution in [-0.2, 0) is 6.61 Å². The molecule has 0 N–H and O–H groups in total. The molecule has 0 aliphatic rings. The summed E-state index contributed by atoms with van der Waals surface area (Å²) in [6, 6.07) is 14.8. The van der Waals surface area contributed by atoms with Crippen LogP contribution in [0, 0.1) is 17.0 Å². The van der Waals surface area contributed by atoms with Gasteiger partial charge in [-0.05, 0) is 34.2 Å². The Morgan fingerprint density at radius 3 is 2.73 bits per heavy atom. The highest BCUT2D eigenvalue weighted by Crippen LogP contribution is 2.25. The Bertz CT molecular complexity index is 849. The number of ether oxygens (including phenoxy) is 1. The first-order valence-electron chi connectivity index (χ1n) is 6.73. The van der Waals surface area contributed by atoms with Crippen molar-refractivity contribution in [3.05, 3.63) is 70.0 Å². The minimum atomic E-state index is -0.545. The number of hydrogen-bond acceptors (Lipinski definition) is 5. The molecule has 0 saturated carbocycles. The monoisotopic (exact) mass is 295 g/mol. The number of nitrogens with zero attached hydrogens (tertiary/aromatic N) is 3. The standard InChI is InChI=1S/C16H13N3O3/c1-11-6-9-15(16(17-11)19(20)21)22-10-13-8-7-12-4-2-3-5-14(12)18-13/h2-9H,10H2,1H3. The van der Waals surface area contributed by atoms with Gasteiger partial charge in [-0.25, -0.2) is 4.98 Å². The summed E-state index contributed by atoms with van der Waals surface area (Å²) < 4.78 is 5.52. The van der Waals surface area contributed by atoms with Gasteiger partial charge in [-0.2, -0.15) is 0 Å². The second-order valence-electron chi connectivity index (χ2n) is 4.82. The van der Waals surface area contributed by atoms with Crippen LogP contribution in [0.25, 0.3) is 10.9 Å². The van der Waals surface area contributed by atoms with Crippen LogP contribution in [-0.4, -0.2) is 14.9 Å². The molecule has 6 nitrogen and oxygen atoms in total. The van der Waals surface area contributed by atoms with Gasteiger partial charge >= 0.3 is 5.82 Å². The molecule has 22 heavy (non-hydrogen) atoms. The number of aromatic nitrogens is 2. The molecular formula is C16H13N3O3. The summed E-state index contributed by atoms with van der Waals surface area (Å²) >= 11 is 0. The van der Waals surface area contributed by atoms with E-state index in [4.69, 9.17) is 4.74 Å². The first-order chi connectivity index (χ1) is 10.6. The molecule has 3 rings (SSSR count). The van der Waals surface area contributed by atoms with E-state index < -0.39 is 4.92 Å². The Morgan fingerprint density at radius 1 is 1.09 bits per heavy atom. The highest BCUT2D eigenvalue weighted by molar-refractivity contribution is 5.78. The summed E-state index contributed by atoms with van der Waals surface area (Å²) in [4.78, 5) is 18.8. The average Bonchev–Trinajstić information content (AvgIpc) is 2.53. The predicted molar refractivity (Wildman–Crippen MR) is 81.7 cm³/mol. The lowest BCUT2D eigenvalue weighted by Crippen LogP contribution is -2.03. The van der Waals surface area contributed by atoms with Crippen molar-refractivity contribution in [2.24, 2.45) is 0 Å². The van der Waals surface area contributed by atoms with Crippen molar-refractivity contribution in [1.29, 1.82) is 0 Å². The third-order valence-corrected chi connectivity index (χ3v) is 3.18. The Morgan fingerprint density at radius 2 is 1.91 bits per heavy atom. The van der Waals surface area contributed by atoms with Crippen LogP contribution in [0.5, 0.6) is 5.75 Å². The van der Waals surface area contributed by atoms with Gasteiger partial charge in [-0.1, -0.05) is 24.3 Å². The lowest BCUT2D eigenvalue weighted by atomic mass is 10.2. The Labute approximate surface area is 126 Å². The van der Waals surface area contributed by atoms with Gasteiger partial charge in [0.2, 0.25) is 5.75 Å². The van der Waals surface area contributed by atoms with Crippen molar-refractivity contribution < 1.29 is 9.66 Å². The van der Waals surface area contributed by atoms with E-state index in [2.05, 4.69) is 9.97 Å². The normalized spacial score (nSPS) is 10.6. The molecule has 0 aliphatic carbocycles. The number of hydrogen-bond donors (Lipinski definition) is 0. The third kappa shape index (κ3) is 2.85. The van der Waals surface area contributed by atoms with Crippen LogP contribution >= 0.6 is 0 Å². The van der Waals surface area contributed by atoms with E-state index in [-0.39, 0.29) is 18.2 Å². The predicted octanol–water partition coefficient (Wildman–Crippen LogP) is 3.43. The number of nitro groups is 1. The molecule has 0 radical (unpaired) electrons. The van der Waals surface area contributed by atoms with Gasteiger partial charge in [0.15, 0.2) is 0 Å². The number of para-hydroxylation sites is 1. The number of benzene rings is 1. The molecule has 1 aromatic carbocycles. The molecule has 0 saturated heterocycles. The van der Waals surface area contributed by atoms with E-state index in [1.807, 2.05) is 36.4 Å². The number of fused-ring (bicyclic) bond motifs is 1. The smallest absolute Gasteiger partial charge is 0.406 e. The summed E-state index contributed by atoms with van der Waals surface area (Å²) in [5, 5.41) is 12.0. The molecule has 2 aromatic heterocycles. The molecular weight excluding hydrogens is 282 g/mol. The number of pyridine rings is 2. The first kappa shape index (κ1) is 13.9. The third-order valence-electron chi connectivity index (χ3n) is 3.18. The van der Waals surface area contributed by atoms with Gasteiger partial charge in [0.05, 0.1) is 11.2 Å². The highest BCUT2D eigenvalue weighted by Gasteiger charge is 2.17. The van der Waals surface area contributed by atoms with E-state index in [1.165, 1.54) is 0 Å². The molecule has 2 heterocycles. The second kappa shape index (κ2) is 5.77. The van der Waals surface area contributed by atoms with E-state index in [0.29, 0.717) is 11.4 Å². The summed E-state index contributed by atoms with van der Waals surface area (Å²) in [6.45, 7) is 1.85. The number of aryl methyl sites for hydroxylation is 1. The van der Waals surface area contributed by atoms with Gasteiger partial charge in [0, 0.05) is 12.3 Å². The molecule has 0 spiro atoms. The van der Waals surface area contributed by atoms with Crippen molar-refractivity contribution in [2.75, 3.05) is 0 Å². The fourth-order valence-corrected chi connectivity index (χ4v) is 2.11. The van der Waals surface area contributed by atoms with Crippen molar-refractivity contribution in [3.63, 3.8) is 0 Å². The second-order valence-corrected chi connectivity index (χ2v) is 4.82. The van der Waals surface area contributed by atoms with Crippen LogP contribution in [0.1, 0.15) is 11.4 Å². The Hall–Kier alpha value is -3.02. The van der Waals surface area contributed by atoms with Gasteiger partial charge in [-0.15, -0.1) is 0 Å². The minimum Gasteiger partial charge on any atom is -0.479 e. The molecule has 3 aromatic rings. The molecule has 0 aliphatic heterocycles. The SMILES string of the molecule is Cc1ccc(OCc2ccc3ccccc3n2)c([N+](=O)[O-])n1. The molecule has 110 valence electrons. The maximum Gasteiger partial charge on any atom is 0.406 e. The maximum atomic E-state index is 11.0. The van der Waals surface area contributed by atoms with Gasteiger partial charge in [-0.3, -0.25) is 0 Å². The van der Waals surface area contributed by atoms with E-state index >= 15 is 0 Å². The van der Waals surface area contributed by atoms with Gasteiger partial charge in [0.1, 0.15) is 12.3 Å². The Kier molecular flexibility index (Phi) is 3.65. The summed E-state index contributed by atoms with van der Waals surface area (Å²) in [5.74, 6) is -0.133. The van der Waals surface area contributed by atoms with Crippen LogP contribution in [0.4, 0.5) is 5.82 Å². The topological polar surface area (TPSA) is 78.2 Å². The number of rotatable bonds is 4. The molecule has 0 fully saturated rings. The fourth-order valence-electron chi connectivity index (χ4n) is 2.11. The maximum absolute atomic E-state index is 11.0. The molecule has 0 bridgehead atoms. The molecule has 6 heteroatoms. The molecule has 0 unspecified atom stereocenters. The summed E-state index contributed by atoms with van der Waals surface area (Å²) in [7, 11) is 0. The minimum absolute atomic E-state index is 0.144. The zero-order valence-electron chi connectivity index (χ0n) is 11.9. The molecule has 0 amide bonds. The van der Waals surface area contributed by atoms with Crippen molar-refractivity contribution in [1.82, 2.24) is 9.97 Å². The van der Waals surface area contributed by atoms with Crippen molar-refractivity contribution in [2.45, 2.75) is 13.5 Å². The van der Waals surface area contributed by atoms with Gasteiger partial charge in [0.25, 0.3) is 0 Å². The average molecular weight is 295 g/mol.